The van der Waals surface area contributed by atoms with Crippen LogP contribution in [0, 0.1) is 0 Å². The van der Waals surface area contributed by atoms with Gasteiger partial charge in [-0.25, -0.2) is 14.8 Å². The molecular formula is C13H11N3O3S. The van der Waals surface area contributed by atoms with Crippen LogP contribution < -0.4 is 4.74 Å². The molecule has 0 saturated heterocycles. The topological polar surface area (TPSA) is 88.1 Å². The average Bonchev–Trinajstić information content (AvgIpc) is 3.04. The molecule has 2 heterocycles. The van der Waals surface area contributed by atoms with Gasteiger partial charge in [-0.05, 0) is 25.1 Å². The zero-order valence-electron chi connectivity index (χ0n) is 10.6. The number of benzene rings is 1. The van der Waals surface area contributed by atoms with Gasteiger partial charge in [-0.3, -0.25) is 0 Å². The predicted octanol–water partition coefficient (Wildman–Crippen LogP) is 2.78. The number of fused-ring (bicyclic) bond motifs is 1. The summed E-state index contributed by atoms with van der Waals surface area (Å²) in [5, 5.41) is 9.68. The van der Waals surface area contributed by atoms with Gasteiger partial charge >= 0.3 is 5.97 Å². The summed E-state index contributed by atoms with van der Waals surface area (Å²) in [6, 6.07) is 5.61. The molecule has 0 aliphatic rings. The van der Waals surface area contributed by atoms with E-state index in [-0.39, 0.29) is 5.69 Å². The lowest BCUT2D eigenvalue weighted by atomic mass is 10.3. The van der Waals surface area contributed by atoms with Crippen LogP contribution in [0.4, 0.5) is 0 Å². The first kappa shape index (κ1) is 12.6. The Balaban J connectivity index is 2.08. The fourth-order valence-electron chi connectivity index (χ4n) is 1.89. The van der Waals surface area contributed by atoms with Gasteiger partial charge in [0.15, 0.2) is 5.69 Å². The zero-order valence-corrected chi connectivity index (χ0v) is 11.4. The molecule has 6 nitrogen and oxygen atoms in total. The molecule has 0 fully saturated rings. The second kappa shape index (κ2) is 4.93. The van der Waals surface area contributed by atoms with Crippen LogP contribution in [0.1, 0.15) is 17.4 Å². The number of hydrogen-bond donors (Lipinski definition) is 2. The molecule has 2 aromatic heterocycles. The van der Waals surface area contributed by atoms with Crippen molar-refractivity contribution >= 4 is 27.5 Å². The third kappa shape index (κ3) is 2.12. The summed E-state index contributed by atoms with van der Waals surface area (Å²) in [6.45, 7) is 2.52. The Bertz CT molecular complexity index is 778. The van der Waals surface area contributed by atoms with Gasteiger partial charge < -0.3 is 14.8 Å². The first-order valence-electron chi connectivity index (χ1n) is 5.99. The number of nitrogens with zero attached hydrogens (tertiary/aromatic N) is 2. The van der Waals surface area contributed by atoms with Crippen molar-refractivity contribution in [1.82, 2.24) is 15.0 Å². The van der Waals surface area contributed by atoms with Gasteiger partial charge in [0.2, 0.25) is 0 Å². The monoisotopic (exact) mass is 289 g/mol. The Kier molecular flexibility index (Phi) is 3.11. The van der Waals surface area contributed by atoms with E-state index in [0.29, 0.717) is 17.3 Å². The van der Waals surface area contributed by atoms with Gasteiger partial charge in [-0.15, -0.1) is 11.3 Å². The standard InChI is InChI=1S/C13H11N3O3S/c1-2-19-7-3-4-8-9(5-7)20-12(16-8)10-11(13(17)18)15-6-14-10/h3-6H,2H2,1H3,(H,14,15)(H,17,18). The SMILES string of the molecule is CCOc1ccc2nc(-c3[nH]cnc3C(=O)O)sc2c1. The van der Waals surface area contributed by atoms with Crippen molar-refractivity contribution in [3.8, 4) is 16.5 Å². The van der Waals surface area contributed by atoms with Gasteiger partial charge in [-0.1, -0.05) is 0 Å². The minimum Gasteiger partial charge on any atom is -0.494 e. The molecule has 0 unspecified atom stereocenters. The van der Waals surface area contributed by atoms with Crippen LogP contribution >= 0.6 is 11.3 Å². The van der Waals surface area contributed by atoms with Crippen LogP contribution in [-0.4, -0.2) is 32.6 Å². The van der Waals surface area contributed by atoms with E-state index in [0.717, 1.165) is 16.0 Å². The van der Waals surface area contributed by atoms with Gasteiger partial charge in [0.25, 0.3) is 0 Å². The summed E-state index contributed by atoms with van der Waals surface area (Å²) in [5.41, 5.74) is 1.21. The molecule has 0 spiro atoms. The van der Waals surface area contributed by atoms with Gasteiger partial charge in [-0.2, -0.15) is 0 Å². The number of carbonyl (C=O) groups is 1. The van der Waals surface area contributed by atoms with E-state index < -0.39 is 5.97 Å². The van der Waals surface area contributed by atoms with Crippen LogP contribution in [0.2, 0.25) is 0 Å². The van der Waals surface area contributed by atoms with E-state index in [1.807, 2.05) is 25.1 Å². The zero-order chi connectivity index (χ0) is 14.1. The average molecular weight is 289 g/mol. The molecule has 0 radical (unpaired) electrons. The van der Waals surface area contributed by atoms with Crippen molar-refractivity contribution < 1.29 is 14.6 Å². The van der Waals surface area contributed by atoms with Crippen molar-refractivity contribution in [2.24, 2.45) is 0 Å². The molecule has 7 heteroatoms. The highest BCUT2D eigenvalue weighted by Crippen LogP contribution is 2.32. The quantitative estimate of drug-likeness (QED) is 0.771. The van der Waals surface area contributed by atoms with Crippen LogP contribution in [0.15, 0.2) is 24.5 Å². The van der Waals surface area contributed by atoms with E-state index in [2.05, 4.69) is 15.0 Å². The van der Waals surface area contributed by atoms with Crippen molar-refractivity contribution in [3.05, 3.63) is 30.2 Å². The minimum atomic E-state index is -1.07. The number of hydrogen-bond acceptors (Lipinski definition) is 5. The summed E-state index contributed by atoms with van der Waals surface area (Å²) >= 11 is 1.40. The Hall–Kier alpha value is -2.41. The minimum absolute atomic E-state index is 0.0194. The fraction of sp³-hybridized carbons (Fsp3) is 0.154. The molecule has 0 saturated carbocycles. The smallest absolute Gasteiger partial charge is 0.356 e. The Labute approximate surface area is 118 Å². The van der Waals surface area contributed by atoms with Crippen molar-refractivity contribution in [3.63, 3.8) is 0 Å². The second-order valence-corrected chi connectivity index (χ2v) is 5.04. The number of aromatic nitrogens is 3. The molecule has 3 aromatic rings. The number of aromatic amines is 1. The Morgan fingerprint density at radius 3 is 3.10 bits per heavy atom. The Morgan fingerprint density at radius 2 is 2.35 bits per heavy atom. The molecule has 0 amide bonds. The highest BCUT2D eigenvalue weighted by molar-refractivity contribution is 7.21. The molecule has 0 aliphatic heterocycles. The largest absolute Gasteiger partial charge is 0.494 e. The van der Waals surface area contributed by atoms with Crippen LogP contribution in [0.3, 0.4) is 0 Å². The van der Waals surface area contributed by atoms with Crippen LogP contribution in [0.5, 0.6) is 5.75 Å². The summed E-state index contributed by atoms with van der Waals surface area (Å²) in [4.78, 5) is 22.1. The predicted molar refractivity (Wildman–Crippen MR) is 75.3 cm³/mol. The highest BCUT2D eigenvalue weighted by Gasteiger charge is 2.18. The number of carboxylic acid groups (broad SMARTS) is 1. The lowest BCUT2D eigenvalue weighted by Gasteiger charge is -2.00. The van der Waals surface area contributed by atoms with E-state index in [1.165, 1.54) is 17.7 Å². The molecule has 2 N–H and O–H groups in total. The molecule has 3 rings (SSSR count). The molecule has 0 bridgehead atoms. The summed E-state index contributed by atoms with van der Waals surface area (Å²) in [6.07, 6.45) is 1.36. The Morgan fingerprint density at radius 1 is 1.50 bits per heavy atom. The second-order valence-electron chi connectivity index (χ2n) is 4.01. The lowest BCUT2D eigenvalue weighted by molar-refractivity contribution is 0.0692. The number of thiazole rings is 1. The third-order valence-corrected chi connectivity index (χ3v) is 3.76. The number of ether oxygens (including phenoxy) is 1. The first-order chi connectivity index (χ1) is 9.69. The molecule has 102 valence electrons. The fourth-order valence-corrected chi connectivity index (χ4v) is 2.89. The van der Waals surface area contributed by atoms with E-state index in [1.54, 1.807) is 0 Å². The number of aromatic carboxylic acids is 1. The van der Waals surface area contributed by atoms with Crippen molar-refractivity contribution in [1.29, 1.82) is 0 Å². The molecule has 1 aromatic carbocycles. The maximum absolute atomic E-state index is 11.1. The summed E-state index contributed by atoms with van der Waals surface area (Å²) < 4.78 is 6.38. The maximum Gasteiger partial charge on any atom is 0.356 e. The van der Waals surface area contributed by atoms with Gasteiger partial charge in [0.05, 0.1) is 23.2 Å². The summed E-state index contributed by atoms with van der Waals surface area (Å²) in [5.74, 6) is -0.297. The number of imidazole rings is 1. The van der Waals surface area contributed by atoms with E-state index in [4.69, 9.17) is 9.84 Å². The number of carboxylic acids is 1. The van der Waals surface area contributed by atoms with Gasteiger partial charge in [0, 0.05) is 0 Å². The molecule has 20 heavy (non-hydrogen) atoms. The van der Waals surface area contributed by atoms with E-state index >= 15 is 0 Å². The van der Waals surface area contributed by atoms with Crippen molar-refractivity contribution in [2.75, 3.05) is 6.61 Å². The number of nitrogens with one attached hydrogen (secondary N) is 1. The molecular weight excluding hydrogens is 278 g/mol. The first-order valence-corrected chi connectivity index (χ1v) is 6.81. The molecule has 0 aliphatic carbocycles. The van der Waals surface area contributed by atoms with E-state index in [9.17, 15) is 4.79 Å². The lowest BCUT2D eigenvalue weighted by Crippen LogP contribution is -1.98. The van der Waals surface area contributed by atoms with Gasteiger partial charge in [0.1, 0.15) is 16.5 Å². The van der Waals surface area contributed by atoms with Crippen LogP contribution in [-0.2, 0) is 0 Å². The molecule has 0 atom stereocenters. The highest BCUT2D eigenvalue weighted by atomic mass is 32.1. The normalized spacial score (nSPS) is 10.8. The number of H-pyrrole nitrogens is 1. The maximum atomic E-state index is 11.1. The van der Waals surface area contributed by atoms with Crippen molar-refractivity contribution in [2.45, 2.75) is 6.92 Å². The third-order valence-electron chi connectivity index (χ3n) is 2.73. The number of rotatable bonds is 4. The van der Waals surface area contributed by atoms with Crippen LogP contribution in [0.25, 0.3) is 20.9 Å². The summed E-state index contributed by atoms with van der Waals surface area (Å²) in [7, 11) is 0.